The summed E-state index contributed by atoms with van der Waals surface area (Å²) >= 11 is 0. The van der Waals surface area contributed by atoms with Crippen molar-refractivity contribution in [1.29, 1.82) is 0 Å². The number of rotatable bonds is 1. The molecule has 2 unspecified atom stereocenters. The molecule has 0 bridgehead atoms. The number of fused-ring (bicyclic) bond motifs is 7. The zero-order valence-electron chi connectivity index (χ0n) is 22.9. The third-order valence-corrected chi connectivity index (χ3v) is 14.4. The van der Waals surface area contributed by atoms with Crippen LogP contribution in [0.25, 0.3) is 0 Å². The zero-order valence-corrected chi connectivity index (χ0v) is 22.9. The lowest BCUT2D eigenvalue weighted by molar-refractivity contribution is -0.272. The van der Waals surface area contributed by atoms with E-state index in [2.05, 4.69) is 55.4 Å². The molecule has 5 aliphatic rings. The third-order valence-electron chi connectivity index (χ3n) is 14.4. The van der Waals surface area contributed by atoms with Crippen molar-refractivity contribution >= 4 is 6.29 Å². The average Bonchev–Trinajstić information content (AvgIpc) is 2.74. The van der Waals surface area contributed by atoms with Gasteiger partial charge in [-0.15, -0.1) is 0 Å². The second kappa shape index (κ2) is 7.33. The van der Waals surface area contributed by atoms with Crippen molar-refractivity contribution in [3.63, 3.8) is 0 Å². The summed E-state index contributed by atoms with van der Waals surface area (Å²) in [6.07, 6.45) is 12.1. The van der Waals surface area contributed by atoms with E-state index in [1.165, 1.54) is 51.4 Å². The summed E-state index contributed by atoms with van der Waals surface area (Å²) in [5, 5.41) is 11.7. The topological polar surface area (TPSA) is 37.3 Å². The molecule has 188 valence electrons. The lowest BCUT2D eigenvalue weighted by Crippen LogP contribution is -2.69. The molecule has 0 aromatic rings. The quantitative estimate of drug-likeness (QED) is 0.414. The molecule has 0 amide bonds. The van der Waals surface area contributed by atoms with Gasteiger partial charge in [-0.05, 0) is 115 Å². The van der Waals surface area contributed by atoms with Gasteiger partial charge < -0.3 is 9.90 Å². The van der Waals surface area contributed by atoms with Crippen molar-refractivity contribution in [3.05, 3.63) is 0 Å². The van der Waals surface area contributed by atoms with Gasteiger partial charge in [0.15, 0.2) is 0 Å². The molecule has 0 saturated heterocycles. The molecule has 2 nitrogen and oxygen atoms in total. The van der Waals surface area contributed by atoms with Gasteiger partial charge in [0.25, 0.3) is 0 Å². The Labute approximate surface area is 204 Å². The van der Waals surface area contributed by atoms with Crippen LogP contribution >= 0.6 is 0 Å². The normalized spacial score (nSPS) is 60.0. The Balaban J connectivity index is 1.56. The van der Waals surface area contributed by atoms with Crippen molar-refractivity contribution < 1.29 is 9.90 Å². The second-order valence-corrected chi connectivity index (χ2v) is 15.4. The molecule has 12 atom stereocenters. The van der Waals surface area contributed by atoms with Gasteiger partial charge >= 0.3 is 0 Å². The molecule has 1 N–H and O–H groups in total. The highest BCUT2D eigenvalue weighted by molar-refractivity contribution is 5.56. The fraction of sp³-hybridized carbons (Fsp3) is 0.968. The first kappa shape index (κ1) is 24.3. The first-order valence-electron chi connectivity index (χ1n) is 14.4. The third kappa shape index (κ3) is 2.85. The number of carbonyl (C=O) groups excluding carboxylic acids is 1. The van der Waals surface area contributed by atoms with Gasteiger partial charge in [-0.25, -0.2) is 0 Å². The largest absolute Gasteiger partial charge is 0.393 e. The fourth-order valence-electron chi connectivity index (χ4n) is 11.9. The van der Waals surface area contributed by atoms with Gasteiger partial charge in [0.2, 0.25) is 0 Å². The number of carbonyl (C=O) groups is 1. The molecule has 0 heterocycles. The lowest BCUT2D eigenvalue weighted by atomic mass is 9.30. The first-order chi connectivity index (χ1) is 15.3. The van der Waals surface area contributed by atoms with E-state index in [-0.39, 0.29) is 28.3 Å². The first-order valence-corrected chi connectivity index (χ1v) is 14.4. The molecule has 2 heteroatoms. The molecule has 0 aromatic heterocycles. The Morgan fingerprint density at radius 2 is 1.48 bits per heavy atom. The summed E-state index contributed by atoms with van der Waals surface area (Å²) in [7, 11) is 0. The van der Waals surface area contributed by atoms with Gasteiger partial charge in [-0.2, -0.15) is 0 Å². The van der Waals surface area contributed by atoms with Crippen molar-refractivity contribution in [2.45, 2.75) is 119 Å². The molecule has 0 aromatic carbocycles. The summed E-state index contributed by atoms with van der Waals surface area (Å²) in [6.45, 7) is 20.2. The zero-order chi connectivity index (χ0) is 24.2. The van der Waals surface area contributed by atoms with Crippen LogP contribution < -0.4 is 0 Å². The van der Waals surface area contributed by atoms with E-state index >= 15 is 0 Å². The maximum absolute atomic E-state index is 12.0. The van der Waals surface area contributed by atoms with Crippen molar-refractivity contribution in [2.24, 2.45) is 68.5 Å². The maximum Gasteiger partial charge on any atom is 0.123 e. The van der Waals surface area contributed by atoms with E-state index in [4.69, 9.17) is 0 Å². The van der Waals surface area contributed by atoms with Crippen molar-refractivity contribution in [1.82, 2.24) is 0 Å². The summed E-state index contributed by atoms with van der Waals surface area (Å²) in [6, 6.07) is 0. The SMILES string of the molecule is C[C@@H]1[C@H]2[C@H]3CC[C@@H]4[C@@]5(C)C(O)CC(C=O)C(C)(C)[C@@H]5CC[C@@]4(C)[C@]3(C)CC[C@@]2(C)CC[C@H]1C. The number of hydrogen-bond acceptors (Lipinski definition) is 2. The van der Waals surface area contributed by atoms with E-state index in [0.29, 0.717) is 29.1 Å². The Morgan fingerprint density at radius 3 is 2.15 bits per heavy atom. The van der Waals surface area contributed by atoms with E-state index < -0.39 is 0 Å². The molecular formula is C31H52O2. The Morgan fingerprint density at radius 1 is 0.788 bits per heavy atom. The van der Waals surface area contributed by atoms with Gasteiger partial charge in [0.05, 0.1) is 6.10 Å². The van der Waals surface area contributed by atoms with Crippen LogP contribution in [0.3, 0.4) is 0 Å². The van der Waals surface area contributed by atoms with E-state index in [0.717, 1.165) is 30.0 Å². The standard InChI is InChI=1S/C31H52O2/c1-19-11-13-28(5)15-16-29(6)22(26(28)20(19)2)9-10-24-30(29,7)14-12-23-27(3,4)21(18-32)17-25(33)31(23,24)8/h18-26,33H,9-17H2,1-8H3/t19-,20+,21?,22-,23+,24+,25?,26+,28-,29-,30-,31+/m1/s1. The van der Waals surface area contributed by atoms with Crippen LogP contribution in [0.4, 0.5) is 0 Å². The number of aliphatic hydroxyl groups is 1. The molecule has 0 aliphatic heterocycles. The van der Waals surface area contributed by atoms with E-state index in [9.17, 15) is 9.90 Å². The van der Waals surface area contributed by atoms with Crippen molar-refractivity contribution in [3.8, 4) is 0 Å². The maximum atomic E-state index is 12.0. The van der Waals surface area contributed by atoms with Crippen LogP contribution in [0.1, 0.15) is 113 Å². The Kier molecular flexibility index (Phi) is 5.40. The van der Waals surface area contributed by atoms with Gasteiger partial charge in [0, 0.05) is 11.3 Å². The van der Waals surface area contributed by atoms with Crippen LogP contribution in [0.2, 0.25) is 0 Å². The smallest absolute Gasteiger partial charge is 0.123 e. The highest BCUT2D eigenvalue weighted by Crippen LogP contribution is 2.77. The molecule has 5 saturated carbocycles. The fourth-order valence-corrected chi connectivity index (χ4v) is 11.9. The Hall–Kier alpha value is -0.370. The number of hydrogen-bond donors (Lipinski definition) is 1. The van der Waals surface area contributed by atoms with Crippen molar-refractivity contribution in [2.75, 3.05) is 0 Å². The molecule has 5 aliphatic carbocycles. The molecule has 0 radical (unpaired) electrons. The summed E-state index contributed by atoms with van der Waals surface area (Å²) < 4.78 is 0. The molecule has 5 fully saturated rings. The summed E-state index contributed by atoms with van der Waals surface area (Å²) in [5.41, 5.74) is 1.09. The van der Waals surface area contributed by atoms with Crippen LogP contribution in [-0.2, 0) is 4.79 Å². The molecule has 0 spiro atoms. The summed E-state index contributed by atoms with van der Waals surface area (Å²) in [4.78, 5) is 12.0. The summed E-state index contributed by atoms with van der Waals surface area (Å²) in [5.74, 6) is 4.35. The van der Waals surface area contributed by atoms with Crippen LogP contribution in [0.5, 0.6) is 0 Å². The molecule has 33 heavy (non-hydrogen) atoms. The predicted molar refractivity (Wildman–Crippen MR) is 136 cm³/mol. The lowest BCUT2D eigenvalue weighted by Gasteiger charge is -2.74. The predicted octanol–water partition coefficient (Wildman–Crippen LogP) is 7.53. The van der Waals surface area contributed by atoms with E-state index in [1.807, 2.05) is 0 Å². The minimum absolute atomic E-state index is 0.0122. The van der Waals surface area contributed by atoms with E-state index in [1.54, 1.807) is 0 Å². The number of aldehydes is 1. The van der Waals surface area contributed by atoms with Crippen LogP contribution in [0, 0.1) is 68.5 Å². The highest BCUT2D eigenvalue weighted by atomic mass is 16.3. The minimum atomic E-state index is -0.349. The minimum Gasteiger partial charge on any atom is -0.393 e. The average molecular weight is 457 g/mol. The van der Waals surface area contributed by atoms with Gasteiger partial charge in [-0.1, -0.05) is 55.4 Å². The Bertz CT molecular complexity index is 803. The van der Waals surface area contributed by atoms with Crippen LogP contribution in [0.15, 0.2) is 0 Å². The molecular weight excluding hydrogens is 404 g/mol. The monoisotopic (exact) mass is 456 g/mol. The molecule has 5 rings (SSSR count). The number of aliphatic hydroxyl groups excluding tert-OH is 1. The van der Waals surface area contributed by atoms with Gasteiger partial charge in [-0.3, -0.25) is 0 Å². The second-order valence-electron chi connectivity index (χ2n) is 15.4. The van der Waals surface area contributed by atoms with Crippen LogP contribution in [-0.4, -0.2) is 17.5 Å². The highest BCUT2D eigenvalue weighted by Gasteiger charge is 2.71. The van der Waals surface area contributed by atoms with Gasteiger partial charge in [0.1, 0.15) is 6.29 Å².